The van der Waals surface area contributed by atoms with E-state index in [1.807, 2.05) is 12.1 Å². The summed E-state index contributed by atoms with van der Waals surface area (Å²) in [5.74, 6) is -0.170. The van der Waals surface area contributed by atoms with Crippen LogP contribution in [0, 0.1) is 5.82 Å². The molecular weight excluding hydrogens is 293 g/mol. The van der Waals surface area contributed by atoms with Gasteiger partial charge < -0.3 is 5.32 Å². The van der Waals surface area contributed by atoms with Crippen molar-refractivity contribution in [1.29, 1.82) is 0 Å². The Hall–Kier alpha value is -0.900. The third-order valence-corrected chi connectivity index (χ3v) is 4.38. The number of thiophene rings is 1. The van der Waals surface area contributed by atoms with Crippen molar-refractivity contribution in [3.8, 4) is 0 Å². The predicted octanol–water partition coefficient (Wildman–Crippen LogP) is 4.69. The lowest BCUT2D eigenvalue weighted by Crippen LogP contribution is -2.33. The van der Waals surface area contributed by atoms with E-state index < -0.39 is 0 Å². The van der Waals surface area contributed by atoms with E-state index in [1.54, 1.807) is 23.5 Å². The molecule has 2 rings (SSSR count). The Balaban J connectivity index is 2.02. The number of nitrogens with one attached hydrogen (secondary N) is 1. The lowest BCUT2D eigenvalue weighted by atomic mass is 10.0. The lowest BCUT2D eigenvalue weighted by molar-refractivity contribution is 0.506. The Bertz CT molecular complexity index is 541. The van der Waals surface area contributed by atoms with Gasteiger partial charge in [0.2, 0.25) is 0 Å². The predicted molar refractivity (Wildman–Crippen MR) is 85.2 cm³/mol. The van der Waals surface area contributed by atoms with Crippen LogP contribution in [0.4, 0.5) is 4.39 Å². The second-order valence-electron chi connectivity index (χ2n) is 4.90. The summed E-state index contributed by atoms with van der Waals surface area (Å²) in [5.41, 5.74) is 1.03. The Morgan fingerprint density at radius 1 is 1.25 bits per heavy atom. The molecule has 2 aromatic rings. The van der Waals surface area contributed by atoms with Gasteiger partial charge in [-0.1, -0.05) is 30.7 Å². The molecule has 0 saturated heterocycles. The smallest absolute Gasteiger partial charge is 0.123 e. The highest BCUT2D eigenvalue weighted by Gasteiger charge is 2.12. The summed E-state index contributed by atoms with van der Waals surface area (Å²) in [4.78, 5) is 1.26. The molecular formula is C16H19ClFNS. The van der Waals surface area contributed by atoms with Crippen molar-refractivity contribution in [2.45, 2.75) is 32.2 Å². The second-order valence-corrected chi connectivity index (χ2v) is 6.69. The quantitative estimate of drug-likeness (QED) is 0.782. The number of rotatable bonds is 7. The summed E-state index contributed by atoms with van der Waals surface area (Å²) in [6.45, 7) is 3.12. The SMILES string of the molecule is CCCNC(Cc1cccc(F)c1)Cc1ccc(Cl)s1. The van der Waals surface area contributed by atoms with Crippen LogP contribution in [0.2, 0.25) is 4.34 Å². The molecule has 1 aromatic heterocycles. The summed E-state index contributed by atoms with van der Waals surface area (Å²) >= 11 is 7.59. The van der Waals surface area contributed by atoms with Gasteiger partial charge in [0.1, 0.15) is 5.82 Å². The van der Waals surface area contributed by atoms with E-state index in [9.17, 15) is 4.39 Å². The average molecular weight is 312 g/mol. The van der Waals surface area contributed by atoms with Gasteiger partial charge in [-0.15, -0.1) is 11.3 Å². The highest BCUT2D eigenvalue weighted by molar-refractivity contribution is 7.16. The van der Waals surface area contributed by atoms with Crippen LogP contribution in [0.25, 0.3) is 0 Å². The highest BCUT2D eigenvalue weighted by Crippen LogP contribution is 2.23. The third kappa shape index (κ3) is 4.89. The Kier molecular flexibility index (Phi) is 6.02. The zero-order chi connectivity index (χ0) is 14.4. The van der Waals surface area contributed by atoms with E-state index in [0.717, 1.165) is 35.7 Å². The first-order chi connectivity index (χ1) is 9.67. The largest absolute Gasteiger partial charge is 0.313 e. The molecule has 0 aliphatic carbocycles. The van der Waals surface area contributed by atoms with Crippen LogP contribution in [0.3, 0.4) is 0 Å². The van der Waals surface area contributed by atoms with Gasteiger partial charge in [0.05, 0.1) is 4.34 Å². The minimum absolute atomic E-state index is 0.170. The molecule has 1 nitrogen and oxygen atoms in total. The van der Waals surface area contributed by atoms with E-state index in [-0.39, 0.29) is 5.82 Å². The van der Waals surface area contributed by atoms with Gasteiger partial charge in [0.15, 0.2) is 0 Å². The minimum atomic E-state index is -0.170. The Morgan fingerprint density at radius 3 is 2.75 bits per heavy atom. The third-order valence-electron chi connectivity index (χ3n) is 3.13. The van der Waals surface area contributed by atoms with Gasteiger partial charge in [-0.25, -0.2) is 4.39 Å². The van der Waals surface area contributed by atoms with Crippen molar-refractivity contribution >= 4 is 22.9 Å². The summed E-state index contributed by atoms with van der Waals surface area (Å²) in [7, 11) is 0. The molecule has 4 heteroatoms. The van der Waals surface area contributed by atoms with Crippen molar-refractivity contribution in [1.82, 2.24) is 5.32 Å². The zero-order valence-corrected chi connectivity index (χ0v) is 13.1. The molecule has 0 fully saturated rings. The summed E-state index contributed by atoms with van der Waals surface area (Å²) < 4.78 is 14.1. The van der Waals surface area contributed by atoms with E-state index in [1.165, 1.54) is 10.9 Å². The standard InChI is InChI=1S/C16H19ClFNS/c1-2-8-19-14(11-15-6-7-16(17)20-15)10-12-4-3-5-13(18)9-12/h3-7,9,14,19H,2,8,10-11H2,1H3. The Morgan fingerprint density at radius 2 is 2.10 bits per heavy atom. The van der Waals surface area contributed by atoms with Crippen LogP contribution in [0.1, 0.15) is 23.8 Å². The maximum atomic E-state index is 13.3. The summed E-state index contributed by atoms with van der Waals surface area (Å²) in [5, 5.41) is 3.54. The van der Waals surface area contributed by atoms with Gasteiger partial charge in [-0.3, -0.25) is 0 Å². The number of halogens is 2. The van der Waals surface area contributed by atoms with E-state index in [0.29, 0.717) is 6.04 Å². The molecule has 0 spiro atoms. The molecule has 108 valence electrons. The van der Waals surface area contributed by atoms with Crippen LogP contribution in [-0.4, -0.2) is 12.6 Å². The van der Waals surface area contributed by atoms with Crippen molar-refractivity contribution < 1.29 is 4.39 Å². The Labute approximate surface area is 128 Å². The van der Waals surface area contributed by atoms with Crippen molar-refractivity contribution in [2.75, 3.05) is 6.54 Å². The van der Waals surface area contributed by atoms with Crippen LogP contribution >= 0.6 is 22.9 Å². The molecule has 20 heavy (non-hydrogen) atoms. The monoisotopic (exact) mass is 311 g/mol. The number of hydrogen-bond donors (Lipinski definition) is 1. The highest BCUT2D eigenvalue weighted by atomic mass is 35.5. The summed E-state index contributed by atoms with van der Waals surface area (Å²) in [6, 6.07) is 11.2. The van der Waals surface area contributed by atoms with Crippen LogP contribution < -0.4 is 5.32 Å². The molecule has 1 aromatic carbocycles. The first-order valence-corrected chi connectivity index (χ1v) is 8.09. The van der Waals surface area contributed by atoms with E-state index >= 15 is 0 Å². The minimum Gasteiger partial charge on any atom is -0.313 e. The van der Waals surface area contributed by atoms with Gasteiger partial charge in [-0.2, -0.15) is 0 Å². The van der Waals surface area contributed by atoms with Gasteiger partial charge in [-0.05, 0) is 55.6 Å². The molecule has 0 bridgehead atoms. The number of hydrogen-bond acceptors (Lipinski definition) is 2. The lowest BCUT2D eigenvalue weighted by Gasteiger charge is -2.18. The fourth-order valence-corrected chi connectivity index (χ4v) is 3.39. The maximum Gasteiger partial charge on any atom is 0.123 e. The second kappa shape index (κ2) is 7.77. The van der Waals surface area contributed by atoms with Crippen molar-refractivity contribution in [3.05, 3.63) is 57.0 Å². The topological polar surface area (TPSA) is 12.0 Å². The molecule has 1 N–H and O–H groups in total. The van der Waals surface area contributed by atoms with Gasteiger partial charge in [0.25, 0.3) is 0 Å². The molecule has 0 aliphatic rings. The normalized spacial score (nSPS) is 12.6. The first-order valence-electron chi connectivity index (χ1n) is 6.89. The maximum absolute atomic E-state index is 13.3. The summed E-state index contributed by atoms with van der Waals surface area (Å²) in [6.07, 6.45) is 2.84. The van der Waals surface area contributed by atoms with Gasteiger partial charge in [0, 0.05) is 10.9 Å². The average Bonchev–Trinajstić information content (AvgIpc) is 2.81. The molecule has 0 amide bonds. The molecule has 1 heterocycles. The molecule has 0 radical (unpaired) electrons. The van der Waals surface area contributed by atoms with Crippen LogP contribution in [0.5, 0.6) is 0 Å². The zero-order valence-electron chi connectivity index (χ0n) is 11.5. The van der Waals surface area contributed by atoms with E-state index in [2.05, 4.69) is 18.3 Å². The van der Waals surface area contributed by atoms with Crippen LogP contribution in [-0.2, 0) is 12.8 Å². The first kappa shape index (κ1) is 15.5. The van der Waals surface area contributed by atoms with Crippen LogP contribution in [0.15, 0.2) is 36.4 Å². The molecule has 1 atom stereocenters. The van der Waals surface area contributed by atoms with E-state index in [4.69, 9.17) is 11.6 Å². The number of benzene rings is 1. The molecule has 0 saturated carbocycles. The molecule has 0 aliphatic heterocycles. The molecule has 1 unspecified atom stereocenters. The van der Waals surface area contributed by atoms with Crippen molar-refractivity contribution in [2.24, 2.45) is 0 Å². The fraction of sp³-hybridized carbons (Fsp3) is 0.375. The van der Waals surface area contributed by atoms with Crippen molar-refractivity contribution in [3.63, 3.8) is 0 Å². The van der Waals surface area contributed by atoms with Gasteiger partial charge >= 0.3 is 0 Å². The fourth-order valence-electron chi connectivity index (χ4n) is 2.22.